The second-order valence-corrected chi connectivity index (χ2v) is 5.23. The Morgan fingerprint density at radius 2 is 2.24 bits per heavy atom. The third-order valence-corrected chi connectivity index (χ3v) is 3.90. The first kappa shape index (κ1) is 13.2. The molecule has 0 aliphatic carbocycles. The molecule has 4 heteroatoms. The van der Waals surface area contributed by atoms with E-state index >= 15 is 0 Å². The topological polar surface area (TPSA) is 29.5 Å². The molecule has 0 aromatic heterocycles. The molecule has 2 atom stereocenters. The summed E-state index contributed by atoms with van der Waals surface area (Å²) < 4.78 is 5.50. The van der Waals surface area contributed by atoms with Gasteiger partial charge in [0.05, 0.1) is 22.3 Å². The highest BCUT2D eigenvalue weighted by molar-refractivity contribution is 6.42. The molecule has 1 aromatic rings. The predicted octanol–water partition coefficient (Wildman–Crippen LogP) is 3.47. The van der Waals surface area contributed by atoms with Crippen LogP contribution in [0, 0.1) is 0 Å². The Bertz CT molecular complexity index is 376. The molecule has 0 bridgehead atoms. The number of hydrogen-bond donors (Lipinski definition) is 1. The Balaban J connectivity index is 1.93. The molecular weight excluding hydrogens is 259 g/mol. The lowest BCUT2D eigenvalue weighted by Gasteiger charge is -2.16. The Morgan fingerprint density at radius 3 is 2.94 bits per heavy atom. The number of aliphatic hydroxyl groups excluding tert-OH is 1. The highest BCUT2D eigenvalue weighted by atomic mass is 35.5. The molecule has 0 spiro atoms. The van der Waals surface area contributed by atoms with E-state index in [0.717, 1.165) is 25.0 Å². The largest absolute Gasteiger partial charge is 0.393 e. The molecule has 2 rings (SSSR count). The molecule has 94 valence electrons. The minimum absolute atomic E-state index is 0.197. The van der Waals surface area contributed by atoms with E-state index in [9.17, 15) is 5.11 Å². The van der Waals surface area contributed by atoms with Crippen LogP contribution in [-0.4, -0.2) is 23.9 Å². The van der Waals surface area contributed by atoms with Gasteiger partial charge in [-0.3, -0.25) is 0 Å². The van der Waals surface area contributed by atoms with Gasteiger partial charge in [0.25, 0.3) is 0 Å². The molecule has 2 nitrogen and oxygen atoms in total. The van der Waals surface area contributed by atoms with E-state index in [0.29, 0.717) is 22.9 Å². The summed E-state index contributed by atoms with van der Waals surface area (Å²) in [5, 5.41) is 11.1. The smallest absolute Gasteiger partial charge is 0.0625 e. The lowest BCUT2D eigenvalue weighted by molar-refractivity contribution is 0.0541. The zero-order chi connectivity index (χ0) is 12.3. The van der Waals surface area contributed by atoms with Gasteiger partial charge in [-0.25, -0.2) is 0 Å². The van der Waals surface area contributed by atoms with Gasteiger partial charge in [0, 0.05) is 6.61 Å². The van der Waals surface area contributed by atoms with Gasteiger partial charge < -0.3 is 9.84 Å². The van der Waals surface area contributed by atoms with Crippen LogP contribution < -0.4 is 0 Å². The summed E-state index contributed by atoms with van der Waals surface area (Å²) in [6, 6.07) is 5.50. The van der Waals surface area contributed by atoms with Gasteiger partial charge in [0.2, 0.25) is 0 Å². The highest BCUT2D eigenvalue weighted by Gasteiger charge is 2.20. The van der Waals surface area contributed by atoms with E-state index in [1.165, 1.54) is 0 Å². The van der Waals surface area contributed by atoms with Crippen molar-refractivity contribution in [3.63, 3.8) is 0 Å². The Hall–Kier alpha value is -0.280. The van der Waals surface area contributed by atoms with Gasteiger partial charge in [0.1, 0.15) is 0 Å². The van der Waals surface area contributed by atoms with Gasteiger partial charge in [-0.15, -0.1) is 0 Å². The van der Waals surface area contributed by atoms with Crippen molar-refractivity contribution in [2.45, 2.75) is 37.9 Å². The van der Waals surface area contributed by atoms with E-state index in [4.69, 9.17) is 27.9 Å². The number of rotatable bonds is 4. The summed E-state index contributed by atoms with van der Waals surface area (Å²) in [6.07, 6.45) is 3.11. The fourth-order valence-corrected chi connectivity index (χ4v) is 2.57. The van der Waals surface area contributed by atoms with E-state index in [1.54, 1.807) is 6.07 Å². The van der Waals surface area contributed by atoms with Gasteiger partial charge >= 0.3 is 0 Å². The van der Waals surface area contributed by atoms with Crippen molar-refractivity contribution in [3.05, 3.63) is 33.8 Å². The monoisotopic (exact) mass is 274 g/mol. The summed E-state index contributed by atoms with van der Waals surface area (Å²) in [7, 11) is 0. The number of ether oxygens (including phenoxy) is 1. The van der Waals surface area contributed by atoms with Crippen LogP contribution >= 0.6 is 23.2 Å². The first-order valence-electron chi connectivity index (χ1n) is 5.89. The second kappa shape index (κ2) is 6.05. The summed E-state index contributed by atoms with van der Waals surface area (Å²) in [5.41, 5.74) is 0.893. The van der Waals surface area contributed by atoms with Crippen molar-refractivity contribution in [1.29, 1.82) is 0 Å². The zero-order valence-corrected chi connectivity index (χ0v) is 11.0. The number of aliphatic hydroxyl groups is 1. The van der Waals surface area contributed by atoms with Crippen molar-refractivity contribution < 1.29 is 9.84 Å². The van der Waals surface area contributed by atoms with Gasteiger partial charge in [0.15, 0.2) is 0 Å². The summed E-state index contributed by atoms with van der Waals surface area (Å²) in [6.45, 7) is 0.815. The van der Waals surface area contributed by atoms with E-state index in [2.05, 4.69) is 0 Å². The Kier molecular flexibility index (Phi) is 4.69. The van der Waals surface area contributed by atoms with Crippen LogP contribution in [0.15, 0.2) is 18.2 Å². The Morgan fingerprint density at radius 1 is 1.41 bits per heavy atom. The molecule has 1 aliphatic heterocycles. The predicted molar refractivity (Wildman–Crippen MR) is 69.8 cm³/mol. The van der Waals surface area contributed by atoms with Crippen molar-refractivity contribution >= 4 is 23.2 Å². The SMILES string of the molecule is OC(Cc1cccc(Cl)c1Cl)CC1CCCO1. The van der Waals surface area contributed by atoms with Crippen LogP contribution in [-0.2, 0) is 11.2 Å². The second-order valence-electron chi connectivity index (χ2n) is 4.44. The number of halogens is 2. The number of benzene rings is 1. The average Bonchev–Trinajstić information content (AvgIpc) is 2.77. The molecule has 1 N–H and O–H groups in total. The molecule has 1 heterocycles. The first-order valence-corrected chi connectivity index (χ1v) is 6.65. The van der Waals surface area contributed by atoms with E-state index in [1.807, 2.05) is 12.1 Å². The normalized spacial score (nSPS) is 21.7. The van der Waals surface area contributed by atoms with Crippen LogP contribution in [0.25, 0.3) is 0 Å². The molecule has 2 unspecified atom stereocenters. The molecule has 0 saturated carbocycles. The quantitative estimate of drug-likeness (QED) is 0.911. The molecule has 0 amide bonds. The van der Waals surface area contributed by atoms with Crippen LogP contribution in [0.3, 0.4) is 0 Å². The van der Waals surface area contributed by atoms with Crippen LogP contribution in [0.4, 0.5) is 0 Å². The van der Waals surface area contributed by atoms with Gasteiger partial charge in [-0.05, 0) is 37.3 Å². The maximum atomic E-state index is 10.00. The lowest BCUT2D eigenvalue weighted by atomic mass is 10.0. The minimum atomic E-state index is -0.422. The molecule has 17 heavy (non-hydrogen) atoms. The minimum Gasteiger partial charge on any atom is -0.393 e. The highest BCUT2D eigenvalue weighted by Crippen LogP contribution is 2.27. The lowest BCUT2D eigenvalue weighted by Crippen LogP contribution is -2.19. The van der Waals surface area contributed by atoms with Crippen molar-refractivity contribution in [3.8, 4) is 0 Å². The molecule has 1 saturated heterocycles. The molecule has 1 aliphatic rings. The fraction of sp³-hybridized carbons (Fsp3) is 0.538. The van der Waals surface area contributed by atoms with E-state index in [-0.39, 0.29) is 6.10 Å². The van der Waals surface area contributed by atoms with Crippen molar-refractivity contribution in [1.82, 2.24) is 0 Å². The molecule has 1 fully saturated rings. The Labute approximate surface area is 111 Å². The molecular formula is C13H16Cl2O2. The zero-order valence-electron chi connectivity index (χ0n) is 9.53. The fourth-order valence-electron chi connectivity index (χ4n) is 2.18. The summed E-state index contributed by atoms with van der Waals surface area (Å²) in [4.78, 5) is 0. The van der Waals surface area contributed by atoms with Crippen molar-refractivity contribution in [2.75, 3.05) is 6.61 Å². The van der Waals surface area contributed by atoms with Crippen LogP contribution in [0.2, 0.25) is 10.0 Å². The number of hydrogen-bond acceptors (Lipinski definition) is 2. The van der Waals surface area contributed by atoms with Crippen LogP contribution in [0.5, 0.6) is 0 Å². The molecule has 1 aromatic carbocycles. The summed E-state index contributed by atoms with van der Waals surface area (Å²) in [5.74, 6) is 0. The third kappa shape index (κ3) is 3.59. The van der Waals surface area contributed by atoms with Gasteiger partial charge in [-0.1, -0.05) is 35.3 Å². The van der Waals surface area contributed by atoms with Gasteiger partial charge in [-0.2, -0.15) is 0 Å². The summed E-state index contributed by atoms with van der Waals surface area (Å²) >= 11 is 12.0. The first-order chi connectivity index (χ1) is 8.16. The van der Waals surface area contributed by atoms with Crippen LogP contribution in [0.1, 0.15) is 24.8 Å². The third-order valence-electron chi connectivity index (χ3n) is 3.05. The molecule has 0 radical (unpaired) electrons. The maximum Gasteiger partial charge on any atom is 0.0625 e. The standard InChI is InChI=1S/C13H16Cl2O2/c14-12-5-1-3-9(13(12)15)7-10(16)8-11-4-2-6-17-11/h1,3,5,10-11,16H,2,4,6-8H2. The average molecular weight is 275 g/mol. The van der Waals surface area contributed by atoms with Crippen molar-refractivity contribution in [2.24, 2.45) is 0 Å². The maximum absolute atomic E-state index is 10.00. The van der Waals surface area contributed by atoms with E-state index < -0.39 is 6.10 Å².